The molecule has 0 aliphatic carbocycles. The van der Waals surface area contributed by atoms with E-state index < -0.39 is 0 Å². The van der Waals surface area contributed by atoms with Crippen LogP contribution < -0.4 is 5.73 Å². The first-order valence-corrected chi connectivity index (χ1v) is 5.91. The molecule has 0 spiro atoms. The molecule has 0 unspecified atom stereocenters. The van der Waals surface area contributed by atoms with E-state index in [1.54, 1.807) is 4.80 Å². The minimum absolute atomic E-state index is 0.653. The summed E-state index contributed by atoms with van der Waals surface area (Å²) in [7, 11) is 0. The molecule has 0 radical (unpaired) electrons. The van der Waals surface area contributed by atoms with Crippen LogP contribution in [0, 0.1) is 0 Å². The van der Waals surface area contributed by atoms with Gasteiger partial charge in [0.1, 0.15) is 0 Å². The highest BCUT2D eigenvalue weighted by Gasteiger charge is 2.03. The third kappa shape index (κ3) is 2.88. The van der Waals surface area contributed by atoms with E-state index in [1.165, 1.54) is 5.56 Å². The Balaban J connectivity index is 2.12. The number of benzene rings is 1. The monoisotopic (exact) mass is 231 g/mol. The van der Waals surface area contributed by atoms with Crippen LogP contribution in [0.2, 0.25) is 0 Å². The number of hydrogen-bond acceptors (Lipinski definition) is 4. The normalized spacial score (nSPS) is 10.7. The molecule has 1 heterocycles. The second kappa shape index (κ2) is 5.54. The molecule has 0 atom stereocenters. The van der Waals surface area contributed by atoms with Crippen molar-refractivity contribution in [2.24, 2.45) is 5.73 Å². The largest absolute Gasteiger partial charge is 0.330 e. The molecule has 0 aliphatic heterocycles. The Bertz CT molecular complexity index is 460. The zero-order valence-corrected chi connectivity index (χ0v) is 10.0. The number of aromatic nitrogens is 4. The van der Waals surface area contributed by atoms with Crippen LogP contribution >= 0.6 is 0 Å². The van der Waals surface area contributed by atoms with Crippen molar-refractivity contribution in [1.82, 2.24) is 20.2 Å². The summed E-state index contributed by atoms with van der Waals surface area (Å²) >= 11 is 0. The Morgan fingerprint density at radius 2 is 2.00 bits per heavy atom. The number of hydrogen-bond donors (Lipinski definition) is 1. The fourth-order valence-electron chi connectivity index (χ4n) is 1.58. The van der Waals surface area contributed by atoms with Crippen LogP contribution in [-0.2, 0) is 12.8 Å². The zero-order valence-electron chi connectivity index (χ0n) is 10.0. The van der Waals surface area contributed by atoms with Crippen LogP contribution in [0.1, 0.15) is 24.7 Å². The summed E-state index contributed by atoms with van der Waals surface area (Å²) in [6.45, 7) is 2.79. The zero-order chi connectivity index (χ0) is 12.1. The molecule has 90 valence electrons. The number of tetrazole rings is 1. The molecule has 2 rings (SSSR count). The lowest BCUT2D eigenvalue weighted by Crippen LogP contribution is -2.02. The summed E-state index contributed by atoms with van der Waals surface area (Å²) in [6, 6.07) is 8.18. The molecule has 0 bridgehead atoms. The van der Waals surface area contributed by atoms with E-state index >= 15 is 0 Å². The Kier molecular flexibility index (Phi) is 3.82. The van der Waals surface area contributed by atoms with Crippen molar-refractivity contribution in [1.29, 1.82) is 0 Å². The van der Waals surface area contributed by atoms with Gasteiger partial charge >= 0.3 is 0 Å². The van der Waals surface area contributed by atoms with Crippen LogP contribution in [0.5, 0.6) is 0 Å². The summed E-state index contributed by atoms with van der Waals surface area (Å²) in [5.41, 5.74) is 7.69. The highest BCUT2D eigenvalue weighted by atomic mass is 15.6. The van der Waals surface area contributed by atoms with E-state index in [2.05, 4.69) is 34.5 Å². The van der Waals surface area contributed by atoms with Crippen LogP contribution in [0.3, 0.4) is 0 Å². The summed E-state index contributed by atoms with van der Waals surface area (Å²) < 4.78 is 0. The molecule has 17 heavy (non-hydrogen) atoms. The van der Waals surface area contributed by atoms with Gasteiger partial charge in [-0.15, -0.1) is 15.0 Å². The van der Waals surface area contributed by atoms with Crippen molar-refractivity contribution in [3.05, 3.63) is 35.7 Å². The van der Waals surface area contributed by atoms with E-state index in [0.717, 1.165) is 30.8 Å². The summed E-state index contributed by atoms with van der Waals surface area (Å²) in [6.07, 6.45) is 2.71. The minimum atomic E-state index is 0.653. The number of nitrogens with two attached hydrogens (primary N) is 1. The van der Waals surface area contributed by atoms with Crippen LogP contribution in [0.25, 0.3) is 5.69 Å². The van der Waals surface area contributed by atoms with Gasteiger partial charge in [-0.1, -0.05) is 19.1 Å². The van der Waals surface area contributed by atoms with Crippen LogP contribution in [0.4, 0.5) is 0 Å². The maximum Gasteiger partial charge on any atom is 0.175 e. The van der Waals surface area contributed by atoms with E-state index in [1.807, 2.05) is 12.1 Å². The molecular weight excluding hydrogens is 214 g/mol. The van der Waals surface area contributed by atoms with Crippen molar-refractivity contribution < 1.29 is 0 Å². The van der Waals surface area contributed by atoms with Gasteiger partial charge < -0.3 is 5.73 Å². The fraction of sp³-hybridized carbons (Fsp3) is 0.417. The average molecular weight is 231 g/mol. The third-order valence-electron chi connectivity index (χ3n) is 2.64. The molecule has 5 heteroatoms. The van der Waals surface area contributed by atoms with E-state index in [9.17, 15) is 0 Å². The minimum Gasteiger partial charge on any atom is -0.330 e. The maximum atomic E-state index is 5.44. The molecule has 2 N–H and O–H groups in total. The highest BCUT2D eigenvalue weighted by molar-refractivity contribution is 5.32. The van der Waals surface area contributed by atoms with Gasteiger partial charge in [0, 0.05) is 6.42 Å². The third-order valence-corrected chi connectivity index (χ3v) is 2.64. The van der Waals surface area contributed by atoms with E-state index in [0.29, 0.717) is 6.54 Å². The average Bonchev–Trinajstić information content (AvgIpc) is 2.85. The smallest absolute Gasteiger partial charge is 0.175 e. The molecule has 0 saturated carbocycles. The number of aryl methyl sites for hydroxylation is 2. The number of rotatable bonds is 5. The predicted molar refractivity (Wildman–Crippen MR) is 65.9 cm³/mol. The SMILES string of the molecule is CCc1ccc(-n2nnc(CCCN)n2)cc1. The summed E-state index contributed by atoms with van der Waals surface area (Å²) in [5, 5.41) is 12.3. The van der Waals surface area contributed by atoms with Crippen molar-refractivity contribution in [3.63, 3.8) is 0 Å². The van der Waals surface area contributed by atoms with Gasteiger partial charge in [-0.05, 0) is 42.3 Å². The van der Waals surface area contributed by atoms with Crippen molar-refractivity contribution in [2.75, 3.05) is 6.54 Å². The summed E-state index contributed by atoms with van der Waals surface area (Å²) in [4.78, 5) is 1.56. The topological polar surface area (TPSA) is 69.6 Å². The van der Waals surface area contributed by atoms with Gasteiger partial charge in [0.15, 0.2) is 5.82 Å². The molecular formula is C12H17N5. The Hall–Kier alpha value is -1.75. The standard InChI is InChI=1S/C12H17N5/c1-2-10-5-7-11(8-6-10)17-15-12(14-16-17)4-3-9-13/h5-8H,2-4,9,13H2,1H3. The summed E-state index contributed by atoms with van der Waals surface area (Å²) in [5.74, 6) is 0.745. The van der Waals surface area contributed by atoms with Crippen molar-refractivity contribution in [2.45, 2.75) is 26.2 Å². The molecule has 1 aromatic carbocycles. The van der Waals surface area contributed by atoms with E-state index in [-0.39, 0.29) is 0 Å². The molecule has 5 nitrogen and oxygen atoms in total. The second-order valence-corrected chi connectivity index (χ2v) is 3.91. The fourth-order valence-corrected chi connectivity index (χ4v) is 1.58. The molecule has 0 saturated heterocycles. The molecule has 2 aromatic rings. The number of nitrogens with zero attached hydrogens (tertiary/aromatic N) is 4. The van der Waals surface area contributed by atoms with Crippen molar-refractivity contribution >= 4 is 0 Å². The van der Waals surface area contributed by atoms with Gasteiger partial charge in [0.05, 0.1) is 5.69 Å². The Morgan fingerprint density at radius 1 is 1.24 bits per heavy atom. The maximum absolute atomic E-state index is 5.44. The van der Waals surface area contributed by atoms with Gasteiger partial charge in [-0.3, -0.25) is 0 Å². The Morgan fingerprint density at radius 3 is 2.65 bits per heavy atom. The molecule has 0 aliphatic rings. The molecule has 0 fully saturated rings. The van der Waals surface area contributed by atoms with E-state index in [4.69, 9.17) is 5.73 Å². The van der Waals surface area contributed by atoms with Crippen molar-refractivity contribution in [3.8, 4) is 5.69 Å². The van der Waals surface area contributed by atoms with Gasteiger partial charge in [0.25, 0.3) is 0 Å². The Labute approximate surface area is 101 Å². The van der Waals surface area contributed by atoms with Gasteiger partial charge in [-0.25, -0.2) is 0 Å². The quantitative estimate of drug-likeness (QED) is 0.837. The molecule has 0 amide bonds. The first-order valence-electron chi connectivity index (χ1n) is 5.91. The lowest BCUT2D eigenvalue weighted by molar-refractivity contribution is 0.714. The first-order chi connectivity index (χ1) is 8.33. The second-order valence-electron chi connectivity index (χ2n) is 3.91. The highest BCUT2D eigenvalue weighted by Crippen LogP contribution is 2.08. The lowest BCUT2D eigenvalue weighted by Gasteiger charge is -1.99. The molecule has 1 aromatic heterocycles. The predicted octanol–water partition coefficient (Wildman–Crippen LogP) is 1.12. The first kappa shape index (κ1) is 11.7. The lowest BCUT2D eigenvalue weighted by atomic mass is 10.2. The van der Waals surface area contributed by atoms with Gasteiger partial charge in [-0.2, -0.15) is 0 Å². The van der Waals surface area contributed by atoms with Gasteiger partial charge in [0.2, 0.25) is 0 Å². The van der Waals surface area contributed by atoms with Crippen LogP contribution in [-0.4, -0.2) is 26.8 Å². The van der Waals surface area contributed by atoms with Crippen LogP contribution in [0.15, 0.2) is 24.3 Å².